The van der Waals surface area contributed by atoms with Gasteiger partial charge in [-0.3, -0.25) is 4.79 Å². The van der Waals surface area contributed by atoms with Crippen molar-refractivity contribution in [1.82, 2.24) is 20.3 Å². The van der Waals surface area contributed by atoms with Gasteiger partial charge in [-0.05, 0) is 31.5 Å². The maximum Gasteiger partial charge on any atom is 0.251 e. The van der Waals surface area contributed by atoms with Gasteiger partial charge in [0.2, 0.25) is 0 Å². The highest BCUT2D eigenvalue weighted by atomic mass is 16.1. The fourth-order valence-corrected chi connectivity index (χ4v) is 1.88. The zero-order valence-electron chi connectivity index (χ0n) is 12.1. The molecule has 0 aromatic carbocycles. The number of pyridine rings is 1. The van der Waals surface area contributed by atoms with Crippen LogP contribution in [0.3, 0.4) is 0 Å². The van der Waals surface area contributed by atoms with E-state index in [9.17, 15) is 4.79 Å². The van der Waals surface area contributed by atoms with Crippen LogP contribution < -0.4 is 10.9 Å². The lowest BCUT2D eigenvalue weighted by molar-refractivity contribution is 0.548. The van der Waals surface area contributed by atoms with Gasteiger partial charge in [0.05, 0.1) is 5.69 Å². The molecule has 0 spiro atoms. The zero-order chi connectivity index (χ0) is 14.5. The van der Waals surface area contributed by atoms with Crippen LogP contribution in [-0.2, 0) is 6.54 Å². The fraction of sp³-hybridized carbons (Fsp3) is 0.400. The minimum Gasteiger partial charge on any atom is -0.311 e. The molecular weight excluding hydrogens is 252 g/mol. The summed E-state index contributed by atoms with van der Waals surface area (Å²) in [4.78, 5) is 23.3. The molecule has 2 heterocycles. The summed E-state index contributed by atoms with van der Waals surface area (Å²) in [6.07, 6.45) is 0. The van der Waals surface area contributed by atoms with E-state index in [1.54, 1.807) is 0 Å². The molecule has 0 aliphatic rings. The van der Waals surface area contributed by atoms with Crippen LogP contribution in [0.4, 0.5) is 0 Å². The minimum atomic E-state index is -0.153. The second-order valence-electron chi connectivity index (χ2n) is 5.27. The maximum atomic E-state index is 11.7. The van der Waals surface area contributed by atoms with Gasteiger partial charge < -0.3 is 10.3 Å². The van der Waals surface area contributed by atoms with Crippen molar-refractivity contribution in [2.75, 3.05) is 6.54 Å². The quantitative estimate of drug-likeness (QED) is 0.872. The van der Waals surface area contributed by atoms with Crippen LogP contribution in [0.15, 0.2) is 29.1 Å². The molecule has 0 saturated heterocycles. The molecule has 2 N–H and O–H groups in total. The highest BCUT2D eigenvalue weighted by Crippen LogP contribution is 2.10. The molecule has 2 aromatic rings. The van der Waals surface area contributed by atoms with Gasteiger partial charge in [0.15, 0.2) is 5.82 Å². The van der Waals surface area contributed by atoms with E-state index in [-0.39, 0.29) is 5.56 Å². The molecule has 0 radical (unpaired) electrons. The van der Waals surface area contributed by atoms with Crippen molar-refractivity contribution in [3.8, 4) is 11.5 Å². The largest absolute Gasteiger partial charge is 0.311 e. The van der Waals surface area contributed by atoms with Crippen molar-refractivity contribution in [2.24, 2.45) is 5.92 Å². The summed E-state index contributed by atoms with van der Waals surface area (Å²) in [7, 11) is 0. The third-order valence-electron chi connectivity index (χ3n) is 2.78. The molecular formula is C15H20N4O. The highest BCUT2D eigenvalue weighted by Gasteiger charge is 2.05. The van der Waals surface area contributed by atoms with E-state index in [1.807, 2.05) is 25.1 Å². The lowest BCUT2D eigenvalue weighted by atomic mass is 10.2. The first-order valence-corrected chi connectivity index (χ1v) is 6.79. The average molecular weight is 272 g/mol. The van der Waals surface area contributed by atoms with E-state index in [1.165, 1.54) is 6.07 Å². The Labute approximate surface area is 118 Å². The van der Waals surface area contributed by atoms with Gasteiger partial charge in [-0.15, -0.1) is 0 Å². The van der Waals surface area contributed by atoms with E-state index < -0.39 is 0 Å². The monoisotopic (exact) mass is 272 g/mol. The summed E-state index contributed by atoms with van der Waals surface area (Å²) in [6.45, 7) is 7.67. The second-order valence-corrected chi connectivity index (χ2v) is 5.27. The third kappa shape index (κ3) is 3.99. The van der Waals surface area contributed by atoms with Crippen LogP contribution >= 0.6 is 0 Å². The normalized spacial score (nSPS) is 11.0. The lowest BCUT2D eigenvalue weighted by Crippen LogP contribution is -2.21. The first kappa shape index (κ1) is 14.4. The van der Waals surface area contributed by atoms with Crippen LogP contribution in [0.25, 0.3) is 11.5 Å². The van der Waals surface area contributed by atoms with Crippen LogP contribution in [-0.4, -0.2) is 21.5 Å². The smallest absolute Gasteiger partial charge is 0.251 e. The molecule has 0 atom stereocenters. The number of hydrogen-bond acceptors (Lipinski definition) is 4. The van der Waals surface area contributed by atoms with Crippen LogP contribution in [0.1, 0.15) is 25.2 Å². The van der Waals surface area contributed by atoms with E-state index in [2.05, 4.69) is 34.1 Å². The molecule has 0 bridgehead atoms. The van der Waals surface area contributed by atoms with E-state index in [0.717, 1.165) is 17.9 Å². The standard InChI is InChI=1S/C15H20N4O/c1-10(2)8-16-9-12-7-14(20)19-15(18-12)13-6-4-5-11(3)17-13/h4-7,10,16H,8-9H2,1-3H3,(H,18,19,20). The second kappa shape index (κ2) is 6.43. The Morgan fingerprint density at radius 1 is 1.30 bits per heavy atom. The number of hydrogen-bond donors (Lipinski definition) is 2. The number of rotatable bonds is 5. The van der Waals surface area contributed by atoms with E-state index in [0.29, 0.717) is 24.0 Å². The third-order valence-corrected chi connectivity index (χ3v) is 2.78. The molecule has 5 heteroatoms. The summed E-state index contributed by atoms with van der Waals surface area (Å²) in [5, 5.41) is 3.28. The Kier molecular flexibility index (Phi) is 4.63. The highest BCUT2D eigenvalue weighted by molar-refractivity contribution is 5.48. The van der Waals surface area contributed by atoms with Crippen molar-refractivity contribution in [1.29, 1.82) is 0 Å². The number of H-pyrrole nitrogens is 1. The van der Waals surface area contributed by atoms with E-state index in [4.69, 9.17) is 0 Å². The van der Waals surface area contributed by atoms with Crippen LogP contribution in [0.2, 0.25) is 0 Å². The lowest BCUT2D eigenvalue weighted by Gasteiger charge is -2.08. The number of nitrogens with one attached hydrogen (secondary N) is 2. The van der Waals surface area contributed by atoms with Crippen LogP contribution in [0.5, 0.6) is 0 Å². The van der Waals surface area contributed by atoms with Gasteiger partial charge in [-0.1, -0.05) is 19.9 Å². The Morgan fingerprint density at radius 2 is 2.10 bits per heavy atom. The Balaban J connectivity index is 2.22. The first-order chi connectivity index (χ1) is 9.54. The van der Waals surface area contributed by atoms with Gasteiger partial charge in [-0.25, -0.2) is 9.97 Å². The van der Waals surface area contributed by atoms with Crippen molar-refractivity contribution in [3.05, 3.63) is 46.0 Å². The van der Waals surface area contributed by atoms with Gasteiger partial charge in [0.25, 0.3) is 5.56 Å². The summed E-state index contributed by atoms with van der Waals surface area (Å²) >= 11 is 0. The summed E-state index contributed by atoms with van der Waals surface area (Å²) < 4.78 is 0. The van der Waals surface area contributed by atoms with Crippen molar-refractivity contribution >= 4 is 0 Å². The Morgan fingerprint density at radius 3 is 2.80 bits per heavy atom. The SMILES string of the molecule is Cc1cccc(-c2nc(CNCC(C)C)cc(=O)[nH]2)n1. The van der Waals surface area contributed by atoms with E-state index >= 15 is 0 Å². The Hall–Kier alpha value is -2.01. The number of nitrogens with zero attached hydrogens (tertiary/aromatic N) is 2. The average Bonchev–Trinajstić information content (AvgIpc) is 2.37. The molecule has 2 aromatic heterocycles. The van der Waals surface area contributed by atoms with Crippen molar-refractivity contribution < 1.29 is 0 Å². The molecule has 0 aliphatic heterocycles. The maximum absolute atomic E-state index is 11.7. The predicted molar refractivity (Wildman–Crippen MR) is 79.4 cm³/mol. The van der Waals surface area contributed by atoms with Gasteiger partial charge in [0.1, 0.15) is 5.69 Å². The molecule has 106 valence electrons. The molecule has 0 fully saturated rings. The molecule has 0 aliphatic carbocycles. The fourth-order valence-electron chi connectivity index (χ4n) is 1.88. The molecule has 20 heavy (non-hydrogen) atoms. The molecule has 0 saturated carbocycles. The van der Waals surface area contributed by atoms with Gasteiger partial charge in [-0.2, -0.15) is 0 Å². The number of aromatic nitrogens is 3. The van der Waals surface area contributed by atoms with Crippen molar-refractivity contribution in [3.63, 3.8) is 0 Å². The topological polar surface area (TPSA) is 70.7 Å². The molecule has 5 nitrogen and oxygen atoms in total. The molecule has 2 rings (SSSR count). The zero-order valence-corrected chi connectivity index (χ0v) is 12.1. The number of aromatic amines is 1. The molecule has 0 unspecified atom stereocenters. The van der Waals surface area contributed by atoms with Gasteiger partial charge >= 0.3 is 0 Å². The first-order valence-electron chi connectivity index (χ1n) is 6.79. The summed E-state index contributed by atoms with van der Waals surface area (Å²) in [6, 6.07) is 7.18. The minimum absolute atomic E-state index is 0.153. The van der Waals surface area contributed by atoms with Crippen LogP contribution in [0, 0.1) is 12.8 Å². The van der Waals surface area contributed by atoms with Crippen molar-refractivity contribution in [2.45, 2.75) is 27.3 Å². The number of aryl methyl sites for hydroxylation is 1. The summed E-state index contributed by atoms with van der Waals surface area (Å²) in [5.41, 5.74) is 2.16. The molecule has 0 amide bonds. The summed E-state index contributed by atoms with van der Waals surface area (Å²) in [5.74, 6) is 1.08. The van der Waals surface area contributed by atoms with Gasteiger partial charge in [0, 0.05) is 18.3 Å². The predicted octanol–water partition coefficient (Wildman–Crippen LogP) is 1.89. The Bertz CT molecular complexity index is 634.